The Morgan fingerprint density at radius 1 is 1.13 bits per heavy atom. The normalized spacial score (nSPS) is 34.8. The van der Waals surface area contributed by atoms with Crippen molar-refractivity contribution in [3.05, 3.63) is 0 Å². The van der Waals surface area contributed by atoms with Crippen LogP contribution < -0.4 is 0 Å². The molecule has 0 spiro atoms. The summed E-state index contributed by atoms with van der Waals surface area (Å²) in [6, 6.07) is 0. The van der Waals surface area contributed by atoms with Crippen molar-refractivity contribution in [3.63, 3.8) is 0 Å². The lowest BCUT2D eigenvalue weighted by Gasteiger charge is -2.32. The third kappa shape index (κ3) is 3.16. The predicted octanol–water partition coefficient (Wildman–Crippen LogP) is 1.40. The standard InChI is InChI=1S/C12H23NO2/c1-2-13-7-5-11(6-8-13)15-12-4-3-10(14)9-12/h10-12,14H,2-9H2,1H3. The molecule has 1 saturated carbocycles. The van der Waals surface area contributed by atoms with Crippen LogP contribution in [-0.2, 0) is 4.74 Å². The maximum absolute atomic E-state index is 9.42. The Bertz CT molecular complexity index is 190. The fourth-order valence-electron chi connectivity index (χ4n) is 2.67. The van der Waals surface area contributed by atoms with Gasteiger partial charge in [0.05, 0.1) is 18.3 Å². The zero-order chi connectivity index (χ0) is 10.7. The van der Waals surface area contributed by atoms with Gasteiger partial charge in [0.25, 0.3) is 0 Å². The Kier molecular flexibility index (Phi) is 4.00. The molecule has 15 heavy (non-hydrogen) atoms. The molecule has 2 aliphatic rings. The number of hydrogen-bond acceptors (Lipinski definition) is 3. The average molecular weight is 213 g/mol. The number of ether oxygens (including phenoxy) is 1. The number of aliphatic hydroxyl groups excluding tert-OH is 1. The summed E-state index contributed by atoms with van der Waals surface area (Å²) in [4.78, 5) is 2.48. The van der Waals surface area contributed by atoms with Crippen LogP contribution in [0.1, 0.15) is 39.0 Å². The highest BCUT2D eigenvalue weighted by Gasteiger charge is 2.27. The van der Waals surface area contributed by atoms with Crippen LogP contribution >= 0.6 is 0 Å². The van der Waals surface area contributed by atoms with Gasteiger partial charge < -0.3 is 14.7 Å². The first-order valence-electron chi connectivity index (χ1n) is 6.33. The number of aliphatic hydroxyl groups is 1. The van der Waals surface area contributed by atoms with Crippen molar-refractivity contribution in [2.75, 3.05) is 19.6 Å². The molecule has 0 amide bonds. The van der Waals surface area contributed by atoms with E-state index in [0.29, 0.717) is 12.2 Å². The van der Waals surface area contributed by atoms with Crippen LogP contribution in [0.4, 0.5) is 0 Å². The van der Waals surface area contributed by atoms with E-state index in [1.165, 1.54) is 25.9 Å². The fourth-order valence-corrected chi connectivity index (χ4v) is 2.67. The van der Waals surface area contributed by atoms with Crippen LogP contribution in [0.15, 0.2) is 0 Å². The second-order valence-electron chi connectivity index (χ2n) is 4.86. The van der Waals surface area contributed by atoms with Gasteiger partial charge in [0.2, 0.25) is 0 Å². The van der Waals surface area contributed by atoms with E-state index >= 15 is 0 Å². The van der Waals surface area contributed by atoms with E-state index < -0.39 is 0 Å². The quantitative estimate of drug-likeness (QED) is 0.769. The Morgan fingerprint density at radius 2 is 1.87 bits per heavy atom. The van der Waals surface area contributed by atoms with Gasteiger partial charge in [-0.05, 0) is 38.6 Å². The van der Waals surface area contributed by atoms with Crippen molar-refractivity contribution < 1.29 is 9.84 Å². The van der Waals surface area contributed by atoms with Gasteiger partial charge in [-0.2, -0.15) is 0 Å². The lowest BCUT2D eigenvalue weighted by molar-refractivity contribution is -0.0423. The summed E-state index contributed by atoms with van der Waals surface area (Å²) in [5.41, 5.74) is 0. The number of rotatable bonds is 3. The fraction of sp³-hybridized carbons (Fsp3) is 1.00. The second kappa shape index (κ2) is 5.28. The zero-order valence-corrected chi connectivity index (χ0v) is 9.69. The molecule has 0 aromatic carbocycles. The Balaban J connectivity index is 1.68. The van der Waals surface area contributed by atoms with Gasteiger partial charge in [0.1, 0.15) is 0 Å². The topological polar surface area (TPSA) is 32.7 Å². The first kappa shape index (κ1) is 11.4. The summed E-state index contributed by atoms with van der Waals surface area (Å²) in [5, 5.41) is 9.42. The maximum atomic E-state index is 9.42. The van der Waals surface area contributed by atoms with Gasteiger partial charge in [-0.3, -0.25) is 0 Å². The number of likely N-dealkylation sites (tertiary alicyclic amines) is 1. The Morgan fingerprint density at radius 3 is 2.40 bits per heavy atom. The first-order chi connectivity index (χ1) is 7.28. The maximum Gasteiger partial charge on any atom is 0.0604 e. The van der Waals surface area contributed by atoms with Crippen LogP contribution in [0.5, 0.6) is 0 Å². The van der Waals surface area contributed by atoms with Crippen LogP contribution in [0, 0.1) is 0 Å². The van der Waals surface area contributed by atoms with Crippen molar-refractivity contribution >= 4 is 0 Å². The van der Waals surface area contributed by atoms with E-state index in [-0.39, 0.29) is 6.10 Å². The van der Waals surface area contributed by atoms with E-state index in [1.54, 1.807) is 0 Å². The van der Waals surface area contributed by atoms with Gasteiger partial charge in [-0.1, -0.05) is 6.92 Å². The molecule has 0 aromatic rings. The molecule has 1 saturated heterocycles. The van der Waals surface area contributed by atoms with Gasteiger partial charge in [0.15, 0.2) is 0 Å². The number of piperidine rings is 1. The molecule has 3 nitrogen and oxygen atoms in total. The van der Waals surface area contributed by atoms with Crippen molar-refractivity contribution in [1.29, 1.82) is 0 Å². The van der Waals surface area contributed by atoms with Crippen LogP contribution in [-0.4, -0.2) is 48.0 Å². The monoisotopic (exact) mass is 213 g/mol. The van der Waals surface area contributed by atoms with Gasteiger partial charge in [0, 0.05) is 13.1 Å². The van der Waals surface area contributed by atoms with Gasteiger partial charge in [-0.25, -0.2) is 0 Å². The molecule has 0 radical (unpaired) electrons. The van der Waals surface area contributed by atoms with Gasteiger partial charge >= 0.3 is 0 Å². The lowest BCUT2D eigenvalue weighted by Crippen LogP contribution is -2.38. The van der Waals surface area contributed by atoms with Crippen molar-refractivity contribution in [3.8, 4) is 0 Å². The predicted molar refractivity (Wildman–Crippen MR) is 59.9 cm³/mol. The molecule has 0 bridgehead atoms. The third-order valence-electron chi connectivity index (χ3n) is 3.72. The molecule has 1 aliphatic carbocycles. The summed E-state index contributed by atoms with van der Waals surface area (Å²) in [5.74, 6) is 0. The molecule has 2 unspecified atom stereocenters. The molecular weight excluding hydrogens is 190 g/mol. The Labute approximate surface area is 92.4 Å². The zero-order valence-electron chi connectivity index (χ0n) is 9.69. The minimum Gasteiger partial charge on any atom is -0.393 e. The summed E-state index contributed by atoms with van der Waals surface area (Å²) in [6.45, 7) is 5.73. The molecule has 2 rings (SSSR count). The number of nitrogens with zero attached hydrogens (tertiary/aromatic N) is 1. The smallest absolute Gasteiger partial charge is 0.0604 e. The lowest BCUT2D eigenvalue weighted by atomic mass is 10.1. The molecule has 1 aliphatic heterocycles. The highest BCUT2D eigenvalue weighted by Crippen LogP contribution is 2.25. The molecule has 3 heteroatoms. The second-order valence-corrected chi connectivity index (χ2v) is 4.86. The minimum atomic E-state index is -0.106. The Hall–Kier alpha value is -0.120. The molecule has 2 fully saturated rings. The van der Waals surface area contributed by atoms with E-state index in [1.807, 2.05) is 0 Å². The summed E-state index contributed by atoms with van der Waals surface area (Å²) in [6.07, 6.45) is 5.84. The average Bonchev–Trinajstić information content (AvgIpc) is 2.65. The molecule has 2 atom stereocenters. The highest BCUT2D eigenvalue weighted by molar-refractivity contribution is 4.78. The molecule has 88 valence electrons. The summed E-state index contributed by atoms with van der Waals surface area (Å²) < 4.78 is 6.03. The molecule has 1 N–H and O–H groups in total. The van der Waals surface area contributed by atoms with Crippen molar-refractivity contribution in [1.82, 2.24) is 4.90 Å². The minimum absolute atomic E-state index is 0.106. The van der Waals surface area contributed by atoms with Crippen LogP contribution in [0.25, 0.3) is 0 Å². The number of hydrogen-bond donors (Lipinski definition) is 1. The first-order valence-corrected chi connectivity index (χ1v) is 6.33. The largest absolute Gasteiger partial charge is 0.393 e. The van der Waals surface area contributed by atoms with Crippen LogP contribution in [0.2, 0.25) is 0 Å². The van der Waals surface area contributed by atoms with Crippen molar-refractivity contribution in [2.24, 2.45) is 0 Å². The third-order valence-corrected chi connectivity index (χ3v) is 3.72. The molecular formula is C12H23NO2. The van der Waals surface area contributed by atoms with Crippen LogP contribution in [0.3, 0.4) is 0 Å². The van der Waals surface area contributed by atoms with Gasteiger partial charge in [-0.15, -0.1) is 0 Å². The van der Waals surface area contributed by atoms with E-state index in [2.05, 4.69) is 11.8 Å². The SMILES string of the molecule is CCN1CCC(OC2CCC(O)C2)CC1. The van der Waals surface area contributed by atoms with E-state index in [4.69, 9.17) is 4.74 Å². The van der Waals surface area contributed by atoms with E-state index in [0.717, 1.165) is 25.8 Å². The van der Waals surface area contributed by atoms with E-state index in [9.17, 15) is 5.11 Å². The molecule has 0 aromatic heterocycles. The molecule has 1 heterocycles. The van der Waals surface area contributed by atoms with Crippen molar-refractivity contribution in [2.45, 2.75) is 57.3 Å². The summed E-state index contributed by atoms with van der Waals surface area (Å²) >= 11 is 0. The summed E-state index contributed by atoms with van der Waals surface area (Å²) in [7, 11) is 0. The highest BCUT2D eigenvalue weighted by atomic mass is 16.5.